The first kappa shape index (κ1) is 21.9. The molecule has 1 aromatic carbocycles. The molecule has 0 radical (unpaired) electrons. The number of benzene rings is 1. The first-order valence-electron chi connectivity index (χ1n) is 10.9. The summed E-state index contributed by atoms with van der Waals surface area (Å²) in [5, 5.41) is 11.3. The lowest BCUT2D eigenvalue weighted by Crippen LogP contribution is -2.45. The van der Waals surface area contributed by atoms with Crippen LogP contribution in [0.5, 0.6) is 5.75 Å². The van der Waals surface area contributed by atoms with Crippen molar-refractivity contribution >= 4 is 23.5 Å². The fourth-order valence-corrected chi connectivity index (χ4v) is 5.71. The number of nitrogen functional groups attached to an aromatic ring is 1. The van der Waals surface area contributed by atoms with E-state index in [0.717, 1.165) is 43.9 Å². The first-order chi connectivity index (χ1) is 16.0. The number of nitrogens with two attached hydrogens (primary N) is 2. The molecule has 10 heteroatoms. The molecule has 3 heterocycles. The quantitative estimate of drug-likeness (QED) is 0.482. The average molecular weight is 466 g/mol. The van der Waals surface area contributed by atoms with E-state index in [9.17, 15) is 5.11 Å². The van der Waals surface area contributed by atoms with Crippen LogP contribution in [0.25, 0.3) is 0 Å². The van der Waals surface area contributed by atoms with Gasteiger partial charge in [0.1, 0.15) is 21.5 Å². The Morgan fingerprint density at radius 2 is 2.00 bits per heavy atom. The van der Waals surface area contributed by atoms with Crippen LogP contribution in [0.3, 0.4) is 0 Å². The highest BCUT2D eigenvalue weighted by Crippen LogP contribution is 2.51. The van der Waals surface area contributed by atoms with Crippen LogP contribution in [-0.4, -0.2) is 45.2 Å². The highest BCUT2D eigenvalue weighted by atomic mass is 32.2. The number of aliphatic hydroxyl groups is 1. The summed E-state index contributed by atoms with van der Waals surface area (Å²) in [6.45, 7) is 1.44. The van der Waals surface area contributed by atoms with E-state index in [1.54, 1.807) is 25.6 Å². The topological polar surface area (TPSA) is 136 Å². The Balaban J connectivity index is 1.31. The van der Waals surface area contributed by atoms with Crippen LogP contribution in [0.2, 0.25) is 0 Å². The molecule has 33 heavy (non-hydrogen) atoms. The van der Waals surface area contributed by atoms with Gasteiger partial charge in [-0.05, 0) is 65.8 Å². The summed E-state index contributed by atoms with van der Waals surface area (Å²) in [7, 11) is 1.68. The van der Waals surface area contributed by atoms with Gasteiger partial charge in [0.25, 0.3) is 0 Å². The molecule has 5 N–H and O–H groups in total. The van der Waals surface area contributed by atoms with Crippen molar-refractivity contribution in [1.29, 1.82) is 0 Å². The van der Waals surface area contributed by atoms with Crippen LogP contribution in [0, 0.1) is 5.41 Å². The molecular formula is C23H27N7O2S. The number of aliphatic hydroxyl groups excluding tert-OH is 1. The molecule has 172 valence electrons. The van der Waals surface area contributed by atoms with Crippen molar-refractivity contribution in [2.75, 3.05) is 30.8 Å². The molecule has 9 nitrogen and oxygen atoms in total. The largest absolute Gasteiger partial charge is 0.497 e. The summed E-state index contributed by atoms with van der Waals surface area (Å²) in [6, 6.07) is 7.99. The van der Waals surface area contributed by atoms with Crippen LogP contribution < -0.4 is 21.1 Å². The van der Waals surface area contributed by atoms with Crippen molar-refractivity contribution in [3.8, 4) is 5.75 Å². The van der Waals surface area contributed by atoms with Gasteiger partial charge in [0, 0.05) is 25.3 Å². The minimum absolute atomic E-state index is 0.00720. The maximum absolute atomic E-state index is 9.98. The molecule has 0 saturated carbocycles. The lowest BCUT2D eigenvalue weighted by molar-refractivity contribution is 0.186. The van der Waals surface area contributed by atoms with Crippen molar-refractivity contribution < 1.29 is 9.84 Å². The fraction of sp³-hybridized carbons (Fsp3) is 0.391. The summed E-state index contributed by atoms with van der Waals surface area (Å²) in [5.41, 5.74) is 15.5. The molecule has 1 aliphatic heterocycles. The van der Waals surface area contributed by atoms with Gasteiger partial charge in [-0.3, -0.25) is 0 Å². The van der Waals surface area contributed by atoms with Gasteiger partial charge in [-0.2, -0.15) is 0 Å². The fourth-order valence-electron chi connectivity index (χ4n) is 4.96. The number of ether oxygens (including phenoxy) is 1. The third kappa shape index (κ3) is 4.09. The number of fused-ring (bicyclic) bond motifs is 1. The minimum atomic E-state index is -0.185. The molecule has 0 amide bonds. The molecule has 1 spiro atoms. The normalized spacial score (nSPS) is 19.0. The van der Waals surface area contributed by atoms with Gasteiger partial charge in [-0.15, -0.1) is 0 Å². The van der Waals surface area contributed by atoms with E-state index in [1.807, 2.05) is 6.07 Å². The lowest BCUT2D eigenvalue weighted by atomic mass is 9.73. The molecule has 0 bridgehead atoms. The smallest absolute Gasteiger partial charge is 0.221 e. The van der Waals surface area contributed by atoms with Gasteiger partial charge in [0.05, 0.1) is 19.9 Å². The van der Waals surface area contributed by atoms with Crippen molar-refractivity contribution in [2.24, 2.45) is 11.1 Å². The van der Waals surface area contributed by atoms with Gasteiger partial charge in [-0.25, -0.2) is 19.9 Å². The molecule has 1 fully saturated rings. The zero-order valence-electron chi connectivity index (χ0n) is 18.4. The average Bonchev–Trinajstić information content (AvgIpc) is 3.10. The molecule has 3 aromatic rings. The summed E-state index contributed by atoms with van der Waals surface area (Å²) in [4.78, 5) is 19.6. The van der Waals surface area contributed by atoms with E-state index in [0.29, 0.717) is 15.7 Å². The molecule has 5 rings (SSSR count). The Labute approximate surface area is 196 Å². The van der Waals surface area contributed by atoms with Crippen molar-refractivity contribution in [1.82, 2.24) is 19.9 Å². The summed E-state index contributed by atoms with van der Waals surface area (Å²) in [6.07, 6.45) is 6.21. The number of methoxy groups -OCH3 is 1. The minimum Gasteiger partial charge on any atom is -0.497 e. The van der Waals surface area contributed by atoms with Gasteiger partial charge in [-0.1, -0.05) is 6.07 Å². The lowest BCUT2D eigenvalue weighted by Gasteiger charge is -2.42. The molecular weight excluding hydrogens is 438 g/mol. The zero-order valence-corrected chi connectivity index (χ0v) is 19.3. The molecule has 2 aliphatic rings. The Bertz CT molecular complexity index is 1170. The molecule has 1 atom stereocenters. The molecule has 2 aromatic heterocycles. The SMILES string of the molecule is COc1ccc2c(c1)[C@@H](N)C1(CCN(c3ncc(Sc4ccnc(N)n4)nc3CO)CC1)C2. The highest BCUT2D eigenvalue weighted by molar-refractivity contribution is 7.99. The predicted molar refractivity (Wildman–Crippen MR) is 126 cm³/mol. The van der Waals surface area contributed by atoms with E-state index in [1.165, 1.54) is 22.9 Å². The maximum atomic E-state index is 9.98. The maximum Gasteiger partial charge on any atom is 0.221 e. The number of aromatic nitrogens is 4. The second kappa shape index (κ2) is 8.77. The number of rotatable bonds is 5. The van der Waals surface area contributed by atoms with Crippen LogP contribution in [0.4, 0.5) is 11.8 Å². The number of nitrogens with zero attached hydrogens (tertiary/aromatic N) is 5. The molecule has 1 saturated heterocycles. The standard InChI is InChI=1S/C23H27N7O2S/c1-32-15-3-2-14-11-23(20(24)16(14)10-15)5-8-30(9-6-23)21-17(13-31)28-19(12-27-21)33-18-4-7-26-22(25)29-18/h2-4,7,10,12,20,31H,5-6,8-9,11,13,24H2,1H3,(H2,25,26,29)/t20-/m1/s1. The third-order valence-corrected chi connectivity index (χ3v) is 7.60. The van der Waals surface area contributed by atoms with E-state index >= 15 is 0 Å². The van der Waals surface area contributed by atoms with Gasteiger partial charge < -0.3 is 26.2 Å². The highest BCUT2D eigenvalue weighted by Gasteiger charge is 2.46. The number of hydrogen-bond donors (Lipinski definition) is 3. The van der Waals surface area contributed by atoms with Crippen molar-refractivity contribution in [2.45, 2.75) is 42.0 Å². The Hall–Kier alpha value is -2.95. The van der Waals surface area contributed by atoms with E-state index < -0.39 is 0 Å². The van der Waals surface area contributed by atoms with Gasteiger partial charge in [0.15, 0.2) is 5.82 Å². The van der Waals surface area contributed by atoms with Crippen LogP contribution in [0.15, 0.2) is 46.7 Å². The molecule has 1 aliphatic carbocycles. The number of anilines is 2. The van der Waals surface area contributed by atoms with E-state index in [-0.39, 0.29) is 24.0 Å². The second-order valence-corrected chi connectivity index (χ2v) is 9.60. The second-order valence-electron chi connectivity index (χ2n) is 8.56. The van der Waals surface area contributed by atoms with E-state index in [2.05, 4.69) is 37.0 Å². The van der Waals surface area contributed by atoms with Crippen LogP contribution in [-0.2, 0) is 13.0 Å². The molecule has 0 unspecified atom stereocenters. The van der Waals surface area contributed by atoms with Crippen LogP contribution >= 0.6 is 11.8 Å². The Morgan fingerprint density at radius 3 is 2.73 bits per heavy atom. The first-order valence-corrected chi connectivity index (χ1v) is 11.7. The summed E-state index contributed by atoms with van der Waals surface area (Å²) >= 11 is 1.34. The van der Waals surface area contributed by atoms with Crippen LogP contribution in [0.1, 0.15) is 35.7 Å². The third-order valence-electron chi connectivity index (χ3n) is 6.76. The Kier molecular flexibility index (Phi) is 5.81. The Morgan fingerprint density at radius 1 is 1.18 bits per heavy atom. The number of piperidine rings is 1. The number of hydrogen-bond acceptors (Lipinski definition) is 10. The van der Waals surface area contributed by atoms with Crippen molar-refractivity contribution in [3.05, 3.63) is 53.5 Å². The zero-order chi connectivity index (χ0) is 23.0. The monoisotopic (exact) mass is 465 g/mol. The summed E-state index contributed by atoms with van der Waals surface area (Å²) in [5.74, 6) is 1.79. The van der Waals surface area contributed by atoms with Gasteiger partial charge >= 0.3 is 0 Å². The van der Waals surface area contributed by atoms with Crippen molar-refractivity contribution in [3.63, 3.8) is 0 Å². The van der Waals surface area contributed by atoms with Gasteiger partial charge in [0.2, 0.25) is 5.95 Å². The van der Waals surface area contributed by atoms with E-state index in [4.69, 9.17) is 16.2 Å². The predicted octanol–water partition coefficient (Wildman–Crippen LogP) is 2.34. The summed E-state index contributed by atoms with van der Waals surface area (Å²) < 4.78 is 5.40.